The van der Waals surface area contributed by atoms with Crippen LogP contribution in [-0.2, 0) is 0 Å². The standard InChI is InChI=1S/C10H11F2N.ClH/c11-7-3-4-8(9(12)5-7)10(13)6-1-2-6;/h3-6,10H,1-2,13H2;1H/t10-;/m0./s1. The van der Waals surface area contributed by atoms with Crippen molar-refractivity contribution in [3.05, 3.63) is 35.4 Å². The number of halogens is 3. The molecule has 0 aromatic heterocycles. The van der Waals surface area contributed by atoms with E-state index in [1.807, 2.05) is 0 Å². The van der Waals surface area contributed by atoms with Gasteiger partial charge in [0.2, 0.25) is 0 Å². The summed E-state index contributed by atoms with van der Waals surface area (Å²) in [5.74, 6) is -0.691. The molecule has 14 heavy (non-hydrogen) atoms. The predicted molar refractivity (Wildman–Crippen MR) is 53.3 cm³/mol. The molecular formula is C10H12ClF2N. The zero-order chi connectivity index (χ0) is 9.42. The molecule has 1 fully saturated rings. The molecule has 1 aliphatic carbocycles. The molecular weight excluding hydrogens is 208 g/mol. The summed E-state index contributed by atoms with van der Waals surface area (Å²) >= 11 is 0. The Bertz CT molecular complexity index is 326. The minimum atomic E-state index is -0.552. The van der Waals surface area contributed by atoms with E-state index in [-0.39, 0.29) is 18.4 Å². The summed E-state index contributed by atoms with van der Waals surface area (Å²) in [5, 5.41) is 0. The first-order valence-corrected chi connectivity index (χ1v) is 4.39. The van der Waals surface area contributed by atoms with Crippen molar-refractivity contribution in [2.45, 2.75) is 18.9 Å². The van der Waals surface area contributed by atoms with E-state index in [2.05, 4.69) is 0 Å². The largest absolute Gasteiger partial charge is 0.324 e. The lowest BCUT2D eigenvalue weighted by atomic mass is 10.0. The molecule has 2 N–H and O–H groups in total. The van der Waals surface area contributed by atoms with Crippen molar-refractivity contribution >= 4 is 12.4 Å². The van der Waals surface area contributed by atoms with Crippen molar-refractivity contribution in [3.8, 4) is 0 Å². The highest BCUT2D eigenvalue weighted by Gasteiger charge is 2.30. The molecule has 78 valence electrons. The molecule has 4 heteroatoms. The Morgan fingerprint density at radius 3 is 2.43 bits per heavy atom. The Morgan fingerprint density at radius 1 is 1.29 bits per heavy atom. The second-order valence-electron chi connectivity index (χ2n) is 3.53. The van der Waals surface area contributed by atoms with Gasteiger partial charge >= 0.3 is 0 Å². The van der Waals surface area contributed by atoms with Crippen LogP contribution in [0.25, 0.3) is 0 Å². The van der Waals surface area contributed by atoms with Crippen LogP contribution in [0.3, 0.4) is 0 Å². The van der Waals surface area contributed by atoms with E-state index in [0.717, 1.165) is 18.9 Å². The van der Waals surface area contributed by atoms with E-state index in [9.17, 15) is 8.78 Å². The van der Waals surface area contributed by atoms with E-state index in [4.69, 9.17) is 5.73 Å². The van der Waals surface area contributed by atoms with Gasteiger partial charge < -0.3 is 5.73 Å². The minimum absolute atomic E-state index is 0. The molecule has 1 aromatic carbocycles. The highest BCUT2D eigenvalue weighted by molar-refractivity contribution is 5.85. The molecule has 0 heterocycles. The fourth-order valence-electron chi connectivity index (χ4n) is 1.48. The average molecular weight is 220 g/mol. The van der Waals surface area contributed by atoms with Gasteiger partial charge in [-0.15, -0.1) is 12.4 Å². The van der Waals surface area contributed by atoms with E-state index in [0.29, 0.717) is 11.5 Å². The average Bonchev–Trinajstić information content (AvgIpc) is 2.85. The Morgan fingerprint density at radius 2 is 1.93 bits per heavy atom. The minimum Gasteiger partial charge on any atom is -0.324 e. The van der Waals surface area contributed by atoms with Gasteiger partial charge in [0.1, 0.15) is 11.6 Å². The maximum atomic E-state index is 13.2. The van der Waals surface area contributed by atoms with Gasteiger partial charge in [0.25, 0.3) is 0 Å². The summed E-state index contributed by atoms with van der Waals surface area (Å²) in [6, 6.07) is 3.31. The van der Waals surface area contributed by atoms with E-state index >= 15 is 0 Å². The Balaban J connectivity index is 0.000000980. The summed E-state index contributed by atoms with van der Waals surface area (Å²) in [6.45, 7) is 0. The van der Waals surface area contributed by atoms with Crippen molar-refractivity contribution in [3.63, 3.8) is 0 Å². The van der Waals surface area contributed by atoms with Gasteiger partial charge in [-0.25, -0.2) is 8.78 Å². The topological polar surface area (TPSA) is 26.0 Å². The van der Waals surface area contributed by atoms with Crippen LogP contribution in [0.5, 0.6) is 0 Å². The third-order valence-electron chi connectivity index (χ3n) is 2.45. The fourth-order valence-corrected chi connectivity index (χ4v) is 1.48. The molecule has 0 radical (unpaired) electrons. The molecule has 1 atom stereocenters. The summed E-state index contributed by atoms with van der Waals surface area (Å²) in [5.41, 5.74) is 6.22. The van der Waals surface area contributed by atoms with E-state index in [1.54, 1.807) is 0 Å². The zero-order valence-corrected chi connectivity index (χ0v) is 8.36. The van der Waals surface area contributed by atoms with Crippen LogP contribution in [0.1, 0.15) is 24.4 Å². The van der Waals surface area contributed by atoms with Gasteiger partial charge in [-0.3, -0.25) is 0 Å². The first-order valence-electron chi connectivity index (χ1n) is 4.39. The lowest BCUT2D eigenvalue weighted by Gasteiger charge is -2.11. The Labute approximate surface area is 87.7 Å². The predicted octanol–water partition coefficient (Wildman–Crippen LogP) is 2.80. The van der Waals surface area contributed by atoms with Gasteiger partial charge in [-0.2, -0.15) is 0 Å². The van der Waals surface area contributed by atoms with Gasteiger partial charge in [0, 0.05) is 17.7 Å². The number of hydrogen-bond acceptors (Lipinski definition) is 1. The third-order valence-corrected chi connectivity index (χ3v) is 2.45. The number of nitrogens with two attached hydrogens (primary N) is 1. The van der Waals surface area contributed by atoms with E-state index in [1.165, 1.54) is 12.1 Å². The molecule has 0 bridgehead atoms. The highest BCUT2D eigenvalue weighted by Crippen LogP contribution is 2.40. The monoisotopic (exact) mass is 219 g/mol. The van der Waals surface area contributed by atoms with Crippen LogP contribution in [-0.4, -0.2) is 0 Å². The van der Waals surface area contributed by atoms with Crippen molar-refractivity contribution in [2.24, 2.45) is 11.7 Å². The smallest absolute Gasteiger partial charge is 0.130 e. The first kappa shape index (κ1) is 11.4. The molecule has 2 rings (SSSR count). The molecule has 1 aromatic rings. The highest BCUT2D eigenvalue weighted by atomic mass is 35.5. The first-order chi connectivity index (χ1) is 6.18. The van der Waals surface area contributed by atoms with Crippen molar-refractivity contribution < 1.29 is 8.78 Å². The maximum absolute atomic E-state index is 13.2. The van der Waals surface area contributed by atoms with E-state index < -0.39 is 11.6 Å². The van der Waals surface area contributed by atoms with Crippen molar-refractivity contribution in [1.29, 1.82) is 0 Å². The lowest BCUT2D eigenvalue weighted by Crippen LogP contribution is -2.14. The molecule has 0 aliphatic heterocycles. The summed E-state index contributed by atoms with van der Waals surface area (Å²) < 4.78 is 25.7. The summed E-state index contributed by atoms with van der Waals surface area (Å²) in [4.78, 5) is 0. The molecule has 1 saturated carbocycles. The molecule has 1 nitrogen and oxygen atoms in total. The molecule has 0 saturated heterocycles. The van der Waals surface area contributed by atoms with Crippen LogP contribution < -0.4 is 5.73 Å². The maximum Gasteiger partial charge on any atom is 0.130 e. The van der Waals surface area contributed by atoms with Crippen molar-refractivity contribution in [2.75, 3.05) is 0 Å². The Hall–Kier alpha value is -0.670. The third kappa shape index (κ3) is 2.22. The quantitative estimate of drug-likeness (QED) is 0.813. The van der Waals surface area contributed by atoms with Gasteiger partial charge in [0.05, 0.1) is 0 Å². The number of hydrogen-bond donors (Lipinski definition) is 1. The number of rotatable bonds is 2. The van der Waals surface area contributed by atoms with Gasteiger partial charge in [-0.05, 0) is 24.8 Å². The van der Waals surface area contributed by atoms with Crippen LogP contribution in [0.15, 0.2) is 18.2 Å². The summed E-state index contributed by atoms with van der Waals surface area (Å²) in [7, 11) is 0. The summed E-state index contributed by atoms with van der Waals surface area (Å²) in [6.07, 6.45) is 2.11. The lowest BCUT2D eigenvalue weighted by molar-refractivity contribution is 0.536. The second-order valence-corrected chi connectivity index (χ2v) is 3.53. The number of benzene rings is 1. The van der Waals surface area contributed by atoms with Gasteiger partial charge in [-0.1, -0.05) is 6.07 Å². The van der Waals surface area contributed by atoms with Crippen LogP contribution in [0.2, 0.25) is 0 Å². The normalized spacial score (nSPS) is 17.4. The second kappa shape index (κ2) is 4.24. The van der Waals surface area contributed by atoms with Crippen LogP contribution >= 0.6 is 12.4 Å². The van der Waals surface area contributed by atoms with Crippen LogP contribution in [0.4, 0.5) is 8.78 Å². The molecule has 0 spiro atoms. The molecule has 1 aliphatic rings. The van der Waals surface area contributed by atoms with Gasteiger partial charge in [0.15, 0.2) is 0 Å². The molecule has 0 amide bonds. The fraction of sp³-hybridized carbons (Fsp3) is 0.400. The zero-order valence-electron chi connectivity index (χ0n) is 7.54. The molecule has 0 unspecified atom stereocenters. The Kier molecular flexibility index (Phi) is 3.45. The SMILES string of the molecule is Cl.N[C@H](c1ccc(F)cc1F)C1CC1. The van der Waals surface area contributed by atoms with Crippen molar-refractivity contribution in [1.82, 2.24) is 0 Å². The van der Waals surface area contributed by atoms with Crippen LogP contribution in [0, 0.1) is 17.6 Å².